The van der Waals surface area contributed by atoms with Crippen molar-refractivity contribution < 1.29 is 63.4 Å². The van der Waals surface area contributed by atoms with Gasteiger partial charge in [-0.25, -0.2) is 0 Å². The Morgan fingerprint density at radius 2 is 1.85 bits per heavy atom. The molecule has 5 N–H and O–H groups in total. The Bertz CT molecular complexity index is 383. The van der Waals surface area contributed by atoms with E-state index in [9.17, 15) is 19.1 Å². The van der Waals surface area contributed by atoms with Crippen LogP contribution in [0, 0.1) is 0 Å². The summed E-state index contributed by atoms with van der Waals surface area (Å²) in [5, 5.41) is 8.51. The molecule has 0 radical (unpaired) electrons. The van der Waals surface area contributed by atoms with Gasteiger partial charge in [-0.05, 0) is 25.6 Å². The molecule has 3 unspecified atom stereocenters. The molecule has 0 rings (SSSR count). The van der Waals surface area contributed by atoms with Gasteiger partial charge in [0.25, 0.3) is 0 Å². The van der Waals surface area contributed by atoms with Crippen LogP contribution in [0.15, 0.2) is 12.3 Å². The first-order valence-corrected chi connectivity index (χ1v) is 8.90. The third kappa shape index (κ3) is 6.71. The van der Waals surface area contributed by atoms with Gasteiger partial charge < -0.3 is 34.6 Å². The van der Waals surface area contributed by atoms with Gasteiger partial charge in [-0.1, -0.05) is 19.8 Å². The maximum atomic E-state index is 11.0. The standard InChI is InChI=1S/C9H21NO7P2.Na/c1-3-4-5-8(2)10-7-6-9(11,18(12,13)14)19(15,16)17;/h6-8,10-11H,3-5H2,1-2H3,(H2,12,13,14)(H2,15,16,17);/q;+1/p-1. The summed E-state index contributed by atoms with van der Waals surface area (Å²) in [6, 6.07) is -0.0676. The number of unbranched alkanes of at least 4 members (excludes halogenated alkanes) is 1. The fourth-order valence-electron chi connectivity index (χ4n) is 1.27. The molecule has 0 saturated carbocycles. The van der Waals surface area contributed by atoms with Gasteiger partial charge in [0.2, 0.25) is 5.08 Å². The van der Waals surface area contributed by atoms with E-state index in [0.29, 0.717) is 6.08 Å². The van der Waals surface area contributed by atoms with Crippen LogP contribution in [0.25, 0.3) is 0 Å². The summed E-state index contributed by atoms with van der Waals surface area (Å²) in [5.41, 5.74) is 0. The van der Waals surface area contributed by atoms with Gasteiger partial charge in [0, 0.05) is 6.04 Å². The van der Waals surface area contributed by atoms with Gasteiger partial charge >= 0.3 is 37.2 Å². The molecule has 0 aromatic heterocycles. The number of nitrogens with one attached hydrogen (secondary N) is 1. The minimum Gasteiger partial charge on any atom is -0.776 e. The molecule has 0 saturated heterocycles. The van der Waals surface area contributed by atoms with Gasteiger partial charge in [0.05, 0.1) is 0 Å². The Balaban J connectivity index is 0. The smallest absolute Gasteiger partial charge is 0.776 e. The molecule has 0 aromatic carbocycles. The predicted octanol–water partition coefficient (Wildman–Crippen LogP) is -2.96. The molecule has 8 nitrogen and oxygen atoms in total. The van der Waals surface area contributed by atoms with E-state index in [-0.39, 0.29) is 35.6 Å². The molecule has 0 spiro atoms. The summed E-state index contributed by atoms with van der Waals surface area (Å²) < 4.78 is 21.9. The van der Waals surface area contributed by atoms with E-state index in [1.54, 1.807) is 6.92 Å². The van der Waals surface area contributed by atoms with Crippen LogP contribution in [-0.4, -0.2) is 30.9 Å². The summed E-state index contributed by atoms with van der Waals surface area (Å²) in [4.78, 5) is 37.3. The summed E-state index contributed by atoms with van der Waals surface area (Å²) >= 11 is 0. The zero-order chi connectivity index (χ0) is 15.3. The molecule has 0 aromatic rings. The molecule has 0 aliphatic heterocycles. The molecule has 0 aliphatic rings. The summed E-state index contributed by atoms with van der Waals surface area (Å²) in [6.45, 7) is 3.78. The van der Waals surface area contributed by atoms with Gasteiger partial charge in [-0.2, -0.15) is 0 Å². The largest absolute Gasteiger partial charge is 1.00 e. The first-order valence-electron chi connectivity index (χ1n) is 5.71. The van der Waals surface area contributed by atoms with Crippen molar-refractivity contribution in [1.82, 2.24) is 5.32 Å². The maximum Gasteiger partial charge on any atom is 1.00 e. The molecule has 0 bridgehead atoms. The van der Waals surface area contributed by atoms with Crippen LogP contribution >= 0.6 is 15.2 Å². The first kappa shape index (κ1) is 23.1. The Morgan fingerprint density at radius 3 is 2.20 bits per heavy atom. The average molecular weight is 339 g/mol. The monoisotopic (exact) mass is 339 g/mol. The van der Waals surface area contributed by atoms with Gasteiger partial charge in [0.15, 0.2) is 7.60 Å². The molecule has 0 fully saturated rings. The van der Waals surface area contributed by atoms with Gasteiger partial charge in [-0.15, -0.1) is 0 Å². The number of rotatable bonds is 8. The Labute approximate surface area is 140 Å². The minimum atomic E-state index is -5.67. The summed E-state index contributed by atoms with van der Waals surface area (Å²) in [5.74, 6) is 0. The SMILES string of the molecule is CCCCC(C)NC=CC(O)(P(=O)([O-])O)P(=O)(O)O.[Na+]. The Morgan fingerprint density at radius 1 is 1.35 bits per heavy atom. The third-order valence-corrected chi connectivity index (χ3v) is 6.05. The van der Waals surface area contributed by atoms with E-state index >= 15 is 0 Å². The van der Waals surface area contributed by atoms with Crippen molar-refractivity contribution in [3.05, 3.63) is 12.3 Å². The summed E-state index contributed by atoms with van der Waals surface area (Å²) in [7, 11) is -11.2. The van der Waals surface area contributed by atoms with Crippen molar-refractivity contribution in [2.45, 2.75) is 44.2 Å². The fraction of sp³-hybridized carbons (Fsp3) is 0.778. The van der Waals surface area contributed by atoms with E-state index < -0.39 is 20.3 Å². The van der Waals surface area contributed by atoms with Crippen LogP contribution < -0.4 is 39.8 Å². The van der Waals surface area contributed by atoms with Crippen LogP contribution in [0.2, 0.25) is 0 Å². The number of aliphatic hydroxyl groups is 1. The molecule has 11 heteroatoms. The molecular weight excluding hydrogens is 319 g/mol. The molecule has 0 amide bonds. The van der Waals surface area contributed by atoms with Crippen molar-refractivity contribution in [2.75, 3.05) is 0 Å². The topological polar surface area (TPSA) is 150 Å². The van der Waals surface area contributed by atoms with E-state index in [1.807, 2.05) is 6.92 Å². The van der Waals surface area contributed by atoms with Crippen molar-refractivity contribution in [1.29, 1.82) is 0 Å². The van der Waals surface area contributed by atoms with Gasteiger partial charge in [-0.3, -0.25) is 4.57 Å². The molecule has 0 heterocycles. The Kier molecular flexibility index (Phi) is 10.4. The van der Waals surface area contributed by atoms with Gasteiger partial charge in [0.1, 0.15) is 0 Å². The van der Waals surface area contributed by atoms with Crippen molar-refractivity contribution in [2.24, 2.45) is 0 Å². The predicted molar refractivity (Wildman–Crippen MR) is 68.1 cm³/mol. The first-order chi connectivity index (χ1) is 8.45. The van der Waals surface area contributed by atoms with E-state index in [1.165, 1.54) is 0 Å². The second-order valence-corrected chi connectivity index (χ2v) is 8.14. The quantitative estimate of drug-likeness (QED) is 0.233. The van der Waals surface area contributed by atoms with Crippen LogP contribution in [0.4, 0.5) is 0 Å². The van der Waals surface area contributed by atoms with E-state index in [4.69, 9.17) is 14.7 Å². The van der Waals surface area contributed by atoms with E-state index in [0.717, 1.165) is 25.5 Å². The molecule has 3 atom stereocenters. The van der Waals surface area contributed by atoms with Crippen LogP contribution in [0.3, 0.4) is 0 Å². The van der Waals surface area contributed by atoms with Crippen molar-refractivity contribution in [3.8, 4) is 0 Å². The summed E-state index contributed by atoms with van der Waals surface area (Å²) in [6.07, 6.45) is 3.92. The van der Waals surface area contributed by atoms with E-state index in [2.05, 4.69) is 5.32 Å². The number of hydrogen-bond donors (Lipinski definition) is 5. The second kappa shape index (κ2) is 9.06. The zero-order valence-corrected chi connectivity index (χ0v) is 15.6. The fourth-order valence-corrected chi connectivity index (χ4v) is 3.12. The Hall–Kier alpha value is 0.800. The van der Waals surface area contributed by atoms with Crippen LogP contribution in [0.5, 0.6) is 0 Å². The minimum absolute atomic E-state index is 0. The molecule has 114 valence electrons. The van der Waals surface area contributed by atoms with Crippen molar-refractivity contribution in [3.63, 3.8) is 0 Å². The molecule has 20 heavy (non-hydrogen) atoms. The average Bonchev–Trinajstić information content (AvgIpc) is 2.22. The second-order valence-electron chi connectivity index (χ2n) is 4.30. The van der Waals surface area contributed by atoms with Crippen LogP contribution in [-0.2, 0) is 9.13 Å². The maximum absolute atomic E-state index is 11.0. The third-order valence-electron chi connectivity index (χ3n) is 2.52. The number of hydrogen-bond acceptors (Lipinski definition) is 5. The normalized spacial score (nSPS) is 19.8. The molecule has 0 aliphatic carbocycles. The van der Waals surface area contributed by atoms with Crippen molar-refractivity contribution >= 4 is 15.2 Å². The van der Waals surface area contributed by atoms with Crippen LogP contribution in [0.1, 0.15) is 33.1 Å². The zero-order valence-electron chi connectivity index (χ0n) is 11.8. The molecular formula is C9H20NNaO7P2.